The first-order valence-corrected chi connectivity index (χ1v) is 11.8. The maximum Gasteiger partial charge on any atom is 0.224 e. The second-order valence-electron chi connectivity index (χ2n) is 7.78. The Morgan fingerprint density at radius 1 is 1.07 bits per heavy atom. The smallest absolute Gasteiger partial charge is 0.224 e. The molecule has 150 valence electrons. The Labute approximate surface area is 163 Å². The maximum absolute atomic E-state index is 12.6. The summed E-state index contributed by atoms with van der Waals surface area (Å²) in [5.41, 5.74) is 2.41. The van der Waals surface area contributed by atoms with Gasteiger partial charge in [-0.1, -0.05) is 30.7 Å². The Morgan fingerprint density at radius 2 is 1.78 bits per heavy atom. The topological polar surface area (TPSA) is 69.7 Å². The average molecular weight is 394 g/mol. The number of nitrogens with one attached hydrogen (secondary N) is 1. The number of hydrogen-bond donors (Lipinski definition) is 1. The van der Waals surface area contributed by atoms with Gasteiger partial charge >= 0.3 is 0 Å². The van der Waals surface area contributed by atoms with Crippen LogP contribution >= 0.6 is 0 Å². The van der Waals surface area contributed by atoms with Gasteiger partial charge in [-0.15, -0.1) is 0 Å². The fourth-order valence-corrected chi connectivity index (χ4v) is 4.94. The van der Waals surface area contributed by atoms with E-state index in [1.165, 1.54) is 35.4 Å². The molecule has 0 unspecified atom stereocenters. The van der Waals surface area contributed by atoms with Crippen LogP contribution in [0.4, 0.5) is 0 Å². The number of likely N-dealkylation sites (tertiary alicyclic amines) is 1. The van der Waals surface area contributed by atoms with Gasteiger partial charge in [0.1, 0.15) is 0 Å². The summed E-state index contributed by atoms with van der Waals surface area (Å²) in [7, 11) is -3.23. The van der Waals surface area contributed by atoms with Gasteiger partial charge in [0, 0.05) is 26.2 Å². The monoisotopic (exact) mass is 393 g/mol. The Bertz CT molecular complexity index is 745. The summed E-state index contributed by atoms with van der Waals surface area (Å²) >= 11 is 0. The summed E-state index contributed by atoms with van der Waals surface area (Å²) in [6.45, 7) is 4.52. The molecule has 1 N–H and O–H groups in total. The molecule has 0 spiro atoms. The first kappa shape index (κ1) is 20.3. The molecule has 2 aliphatic heterocycles. The van der Waals surface area contributed by atoms with Crippen molar-refractivity contribution in [2.24, 2.45) is 5.92 Å². The molecule has 1 atom stereocenters. The van der Waals surface area contributed by atoms with Crippen molar-refractivity contribution in [3.05, 3.63) is 35.4 Å². The number of nitrogens with zero attached hydrogens (tertiary/aromatic N) is 2. The van der Waals surface area contributed by atoms with Crippen LogP contribution < -0.4 is 5.32 Å². The van der Waals surface area contributed by atoms with Gasteiger partial charge < -0.3 is 5.32 Å². The molecule has 2 fully saturated rings. The molecule has 3 rings (SSSR count). The van der Waals surface area contributed by atoms with Crippen LogP contribution in [0.3, 0.4) is 0 Å². The van der Waals surface area contributed by atoms with Crippen molar-refractivity contribution in [1.82, 2.24) is 14.5 Å². The van der Waals surface area contributed by atoms with Crippen LogP contribution in [-0.2, 0) is 27.9 Å². The number of sulfonamides is 1. The standard InChI is InChI=1S/C20H31N3O3S/c1-27(25,26)23-13-7-10-19(16-23)20(24)21-14-17-8-3-4-9-18(17)15-22-11-5-2-6-12-22/h3-4,8-9,19H,2,5-7,10-16H2,1H3,(H,21,24)/t19-/m0/s1. The summed E-state index contributed by atoms with van der Waals surface area (Å²) in [6, 6.07) is 8.27. The van der Waals surface area contributed by atoms with Gasteiger partial charge in [-0.25, -0.2) is 12.7 Å². The minimum atomic E-state index is -3.23. The zero-order valence-corrected chi connectivity index (χ0v) is 17.0. The molecule has 0 aromatic heterocycles. The summed E-state index contributed by atoms with van der Waals surface area (Å²) in [5, 5.41) is 3.04. The van der Waals surface area contributed by atoms with Crippen molar-refractivity contribution >= 4 is 15.9 Å². The van der Waals surface area contributed by atoms with E-state index in [0.29, 0.717) is 19.6 Å². The second-order valence-corrected chi connectivity index (χ2v) is 9.77. The predicted octanol–water partition coefficient (Wildman–Crippen LogP) is 1.96. The minimum absolute atomic E-state index is 0.0453. The van der Waals surface area contributed by atoms with Crippen molar-refractivity contribution in [2.45, 2.75) is 45.2 Å². The molecule has 2 heterocycles. The van der Waals surface area contributed by atoms with E-state index in [1.54, 1.807) is 0 Å². The molecule has 0 bridgehead atoms. The van der Waals surface area contributed by atoms with Crippen LogP contribution in [0.2, 0.25) is 0 Å². The molecule has 6 nitrogen and oxygen atoms in total. The average Bonchev–Trinajstić information content (AvgIpc) is 2.67. The SMILES string of the molecule is CS(=O)(=O)N1CCC[C@H](C(=O)NCc2ccccc2CN2CCCCC2)C1. The van der Waals surface area contributed by atoms with Gasteiger partial charge in [-0.2, -0.15) is 0 Å². The van der Waals surface area contributed by atoms with Gasteiger partial charge in [0.05, 0.1) is 12.2 Å². The van der Waals surface area contributed by atoms with Crippen LogP contribution in [0.25, 0.3) is 0 Å². The lowest BCUT2D eigenvalue weighted by molar-refractivity contribution is -0.126. The molecule has 2 aliphatic rings. The maximum atomic E-state index is 12.6. The lowest BCUT2D eigenvalue weighted by atomic mass is 9.98. The van der Waals surface area contributed by atoms with Crippen LogP contribution in [0.5, 0.6) is 0 Å². The number of benzene rings is 1. The zero-order chi connectivity index (χ0) is 19.3. The quantitative estimate of drug-likeness (QED) is 0.802. The Hall–Kier alpha value is -1.44. The third-order valence-corrected chi connectivity index (χ3v) is 6.91. The third kappa shape index (κ3) is 5.77. The third-order valence-electron chi connectivity index (χ3n) is 5.64. The molecule has 0 aliphatic carbocycles. The highest BCUT2D eigenvalue weighted by atomic mass is 32.2. The summed E-state index contributed by atoms with van der Waals surface area (Å²) < 4.78 is 24.9. The number of hydrogen-bond acceptors (Lipinski definition) is 4. The first-order chi connectivity index (χ1) is 12.9. The first-order valence-electron chi connectivity index (χ1n) is 9.95. The Balaban J connectivity index is 1.57. The molecular weight excluding hydrogens is 362 g/mol. The fraction of sp³-hybridized carbons (Fsp3) is 0.650. The Morgan fingerprint density at radius 3 is 2.48 bits per heavy atom. The molecular formula is C20H31N3O3S. The van der Waals surface area contributed by atoms with E-state index >= 15 is 0 Å². The van der Waals surface area contributed by atoms with E-state index in [9.17, 15) is 13.2 Å². The van der Waals surface area contributed by atoms with E-state index in [4.69, 9.17) is 0 Å². The number of piperidine rings is 2. The normalized spacial score (nSPS) is 22.5. The van der Waals surface area contributed by atoms with E-state index in [2.05, 4.69) is 28.4 Å². The molecule has 7 heteroatoms. The highest BCUT2D eigenvalue weighted by Gasteiger charge is 2.30. The fourth-order valence-electron chi connectivity index (χ4n) is 4.03. The van der Waals surface area contributed by atoms with Crippen LogP contribution in [0.1, 0.15) is 43.2 Å². The van der Waals surface area contributed by atoms with Crippen molar-refractivity contribution in [3.63, 3.8) is 0 Å². The highest BCUT2D eigenvalue weighted by molar-refractivity contribution is 7.88. The number of rotatable bonds is 6. The van der Waals surface area contributed by atoms with Crippen molar-refractivity contribution in [1.29, 1.82) is 0 Å². The van der Waals surface area contributed by atoms with Crippen molar-refractivity contribution in [2.75, 3.05) is 32.4 Å². The van der Waals surface area contributed by atoms with Gasteiger partial charge in [-0.3, -0.25) is 9.69 Å². The van der Waals surface area contributed by atoms with E-state index in [0.717, 1.165) is 38.0 Å². The van der Waals surface area contributed by atoms with Gasteiger partial charge in [0.25, 0.3) is 0 Å². The molecule has 0 radical (unpaired) electrons. The zero-order valence-electron chi connectivity index (χ0n) is 16.2. The van der Waals surface area contributed by atoms with Gasteiger partial charge in [-0.05, 0) is 49.9 Å². The molecule has 1 amide bonds. The number of amides is 1. The summed E-state index contributed by atoms with van der Waals surface area (Å²) in [4.78, 5) is 15.1. The molecule has 1 aromatic carbocycles. The van der Waals surface area contributed by atoms with Crippen molar-refractivity contribution in [3.8, 4) is 0 Å². The molecule has 0 saturated carbocycles. The largest absolute Gasteiger partial charge is 0.352 e. The van der Waals surface area contributed by atoms with Crippen LogP contribution in [-0.4, -0.2) is 56.0 Å². The van der Waals surface area contributed by atoms with Crippen LogP contribution in [0, 0.1) is 5.92 Å². The molecule has 2 saturated heterocycles. The van der Waals surface area contributed by atoms with Gasteiger partial charge in [0.15, 0.2) is 0 Å². The lowest BCUT2D eigenvalue weighted by Crippen LogP contribution is -2.45. The van der Waals surface area contributed by atoms with Crippen molar-refractivity contribution < 1.29 is 13.2 Å². The van der Waals surface area contributed by atoms with E-state index in [1.807, 2.05) is 6.07 Å². The number of carbonyl (C=O) groups is 1. The summed E-state index contributed by atoms with van der Waals surface area (Å²) in [6.07, 6.45) is 6.53. The number of carbonyl (C=O) groups excluding carboxylic acids is 1. The molecule has 1 aromatic rings. The van der Waals surface area contributed by atoms with Gasteiger partial charge in [0.2, 0.25) is 15.9 Å². The van der Waals surface area contributed by atoms with E-state index < -0.39 is 10.0 Å². The molecule has 27 heavy (non-hydrogen) atoms. The Kier molecular flexibility index (Phi) is 6.89. The lowest BCUT2D eigenvalue weighted by Gasteiger charge is -2.30. The predicted molar refractivity (Wildman–Crippen MR) is 107 cm³/mol. The minimum Gasteiger partial charge on any atom is -0.352 e. The van der Waals surface area contributed by atoms with Crippen LogP contribution in [0.15, 0.2) is 24.3 Å². The summed E-state index contributed by atoms with van der Waals surface area (Å²) in [5.74, 6) is -0.307. The second kappa shape index (κ2) is 9.17. The van der Waals surface area contributed by atoms with E-state index in [-0.39, 0.29) is 11.8 Å². The highest BCUT2D eigenvalue weighted by Crippen LogP contribution is 2.20.